The summed E-state index contributed by atoms with van der Waals surface area (Å²) in [5.41, 5.74) is 5.20. The minimum atomic E-state index is 0.132. The standard InChI is InChI=1S/C19H19N3/c1-19(2,3)15-9-7-14(8-10-15)18-16(11-12-20)22-13-5-4-6-17(22)21-18/h4-10,13H,11H2,1-3H3. The number of rotatable bonds is 2. The van der Waals surface area contributed by atoms with E-state index in [0.717, 1.165) is 22.6 Å². The first-order valence-electron chi connectivity index (χ1n) is 7.44. The number of pyridine rings is 1. The van der Waals surface area contributed by atoms with Crippen LogP contribution in [0.2, 0.25) is 0 Å². The van der Waals surface area contributed by atoms with Crippen molar-refractivity contribution in [2.45, 2.75) is 32.6 Å². The summed E-state index contributed by atoms with van der Waals surface area (Å²) in [6.45, 7) is 6.61. The largest absolute Gasteiger partial charge is 0.302 e. The molecule has 0 fully saturated rings. The van der Waals surface area contributed by atoms with Gasteiger partial charge >= 0.3 is 0 Å². The monoisotopic (exact) mass is 289 g/mol. The molecule has 3 rings (SSSR count). The quantitative estimate of drug-likeness (QED) is 0.703. The summed E-state index contributed by atoms with van der Waals surface area (Å²) in [6.07, 6.45) is 2.31. The first-order chi connectivity index (χ1) is 10.5. The summed E-state index contributed by atoms with van der Waals surface area (Å²) in [7, 11) is 0. The Labute approximate surface area is 130 Å². The van der Waals surface area contributed by atoms with E-state index in [9.17, 15) is 0 Å². The van der Waals surface area contributed by atoms with Crippen LogP contribution in [0.1, 0.15) is 32.0 Å². The minimum Gasteiger partial charge on any atom is -0.302 e. The van der Waals surface area contributed by atoms with Crippen molar-refractivity contribution in [3.05, 3.63) is 59.9 Å². The van der Waals surface area contributed by atoms with Gasteiger partial charge in [-0.1, -0.05) is 51.1 Å². The first kappa shape index (κ1) is 14.3. The lowest BCUT2D eigenvalue weighted by Crippen LogP contribution is -2.10. The zero-order valence-corrected chi connectivity index (χ0v) is 13.2. The lowest BCUT2D eigenvalue weighted by atomic mass is 9.86. The van der Waals surface area contributed by atoms with Gasteiger partial charge in [0.2, 0.25) is 0 Å². The summed E-state index contributed by atoms with van der Waals surface area (Å²) >= 11 is 0. The van der Waals surface area contributed by atoms with Gasteiger partial charge in [-0.05, 0) is 23.1 Å². The van der Waals surface area contributed by atoms with Crippen LogP contribution >= 0.6 is 0 Å². The van der Waals surface area contributed by atoms with Gasteiger partial charge in [-0.2, -0.15) is 5.26 Å². The molecule has 0 unspecified atom stereocenters. The van der Waals surface area contributed by atoms with Crippen LogP contribution in [0.4, 0.5) is 0 Å². The molecule has 0 aliphatic rings. The number of hydrogen-bond acceptors (Lipinski definition) is 2. The van der Waals surface area contributed by atoms with Gasteiger partial charge in [0.15, 0.2) is 0 Å². The van der Waals surface area contributed by atoms with Crippen LogP contribution in [0.3, 0.4) is 0 Å². The first-order valence-corrected chi connectivity index (χ1v) is 7.44. The van der Waals surface area contributed by atoms with Crippen LogP contribution in [-0.4, -0.2) is 9.38 Å². The summed E-state index contributed by atoms with van der Waals surface area (Å²) in [5, 5.41) is 9.13. The zero-order chi connectivity index (χ0) is 15.7. The predicted molar refractivity (Wildman–Crippen MR) is 88.6 cm³/mol. The highest BCUT2D eigenvalue weighted by molar-refractivity contribution is 5.67. The molecule has 3 aromatic rings. The number of aromatic nitrogens is 2. The molecule has 3 nitrogen and oxygen atoms in total. The maximum atomic E-state index is 9.13. The molecular formula is C19H19N3. The van der Waals surface area contributed by atoms with Crippen molar-refractivity contribution in [3.63, 3.8) is 0 Å². The van der Waals surface area contributed by atoms with Gasteiger partial charge < -0.3 is 4.40 Å². The molecule has 2 heterocycles. The second-order valence-corrected chi connectivity index (χ2v) is 6.50. The Morgan fingerprint density at radius 1 is 1.09 bits per heavy atom. The van der Waals surface area contributed by atoms with Crippen molar-refractivity contribution in [3.8, 4) is 17.3 Å². The third kappa shape index (κ3) is 2.48. The fraction of sp³-hybridized carbons (Fsp3) is 0.263. The van der Waals surface area contributed by atoms with Crippen molar-refractivity contribution >= 4 is 5.65 Å². The van der Waals surface area contributed by atoms with Crippen LogP contribution in [0, 0.1) is 11.3 Å². The molecule has 2 aromatic heterocycles. The van der Waals surface area contributed by atoms with Gasteiger partial charge in [-0.25, -0.2) is 4.98 Å². The van der Waals surface area contributed by atoms with Gasteiger partial charge in [0, 0.05) is 11.8 Å². The molecule has 0 aliphatic carbocycles. The lowest BCUT2D eigenvalue weighted by Gasteiger charge is -2.19. The van der Waals surface area contributed by atoms with Crippen LogP contribution < -0.4 is 0 Å². The van der Waals surface area contributed by atoms with E-state index in [1.807, 2.05) is 28.8 Å². The second-order valence-electron chi connectivity index (χ2n) is 6.50. The summed E-state index contributed by atoms with van der Waals surface area (Å²) < 4.78 is 2.00. The number of nitrogens with zero attached hydrogens (tertiary/aromatic N) is 3. The predicted octanol–water partition coefficient (Wildman–Crippen LogP) is 4.36. The van der Waals surface area contributed by atoms with E-state index in [0.29, 0.717) is 6.42 Å². The molecule has 0 N–H and O–H groups in total. The van der Waals surface area contributed by atoms with E-state index in [2.05, 4.69) is 51.1 Å². The third-order valence-electron chi connectivity index (χ3n) is 3.90. The van der Waals surface area contributed by atoms with E-state index in [1.54, 1.807) is 0 Å². The van der Waals surface area contributed by atoms with Gasteiger partial charge in [-0.3, -0.25) is 0 Å². The van der Waals surface area contributed by atoms with Crippen molar-refractivity contribution < 1.29 is 0 Å². The Hall–Kier alpha value is -2.60. The van der Waals surface area contributed by atoms with Crippen molar-refractivity contribution in [2.24, 2.45) is 0 Å². The smallest absolute Gasteiger partial charge is 0.137 e. The molecule has 0 atom stereocenters. The van der Waals surface area contributed by atoms with Crippen molar-refractivity contribution in [2.75, 3.05) is 0 Å². The molecule has 110 valence electrons. The third-order valence-corrected chi connectivity index (χ3v) is 3.90. The van der Waals surface area contributed by atoms with Crippen molar-refractivity contribution in [1.29, 1.82) is 5.26 Å². The second kappa shape index (κ2) is 5.31. The molecule has 3 heteroatoms. The van der Waals surface area contributed by atoms with Gasteiger partial charge in [-0.15, -0.1) is 0 Å². The Kier molecular flexibility index (Phi) is 3.46. The SMILES string of the molecule is CC(C)(C)c1ccc(-c2nc3ccccn3c2CC#N)cc1. The maximum absolute atomic E-state index is 9.13. The highest BCUT2D eigenvalue weighted by Gasteiger charge is 2.16. The number of imidazole rings is 1. The zero-order valence-electron chi connectivity index (χ0n) is 13.2. The molecule has 0 saturated heterocycles. The van der Waals surface area contributed by atoms with E-state index in [1.165, 1.54) is 5.56 Å². The van der Waals surface area contributed by atoms with Crippen molar-refractivity contribution in [1.82, 2.24) is 9.38 Å². The number of nitriles is 1. The molecule has 0 radical (unpaired) electrons. The molecule has 1 aromatic carbocycles. The molecule has 0 saturated carbocycles. The van der Waals surface area contributed by atoms with Crippen LogP contribution in [0.15, 0.2) is 48.7 Å². The average molecular weight is 289 g/mol. The topological polar surface area (TPSA) is 41.1 Å². The normalized spacial score (nSPS) is 11.5. The Morgan fingerprint density at radius 2 is 1.82 bits per heavy atom. The molecule has 0 amide bonds. The van der Waals surface area contributed by atoms with Crippen LogP contribution in [0.25, 0.3) is 16.9 Å². The molecule has 22 heavy (non-hydrogen) atoms. The highest BCUT2D eigenvalue weighted by Crippen LogP contribution is 2.28. The fourth-order valence-electron chi connectivity index (χ4n) is 2.65. The Morgan fingerprint density at radius 3 is 2.45 bits per heavy atom. The van der Waals surface area contributed by atoms with Gasteiger partial charge in [0.05, 0.1) is 23.9 Å². The van der Waals surface area contributed by atoms with Gasteiger partial charge in [0.25, 0.3) is 0 Å². The van der Waals surface area contributed by atoms with E-state index >= 15 is 0 Å². The number of hydrogen-bond donors (Lipinski definition) is 0. The highest BCUT2D eigenvalue weighted by atomic mass is 15.0. The Bertz CT molecular complexity index is 843. The van der Waals surface area contributed by atoms with Gasteiger partial charge in [0.1, 0.15) is 5.65 Å². The Balaban J connectivity index is 2.13. The van der Waals surface area contributed by atoms with E-state index in [-0.39, 0.29) is 5.41 Å². The lowest BCUT2D eigenvalue weighted by molar-refractivity contribution is 0.590. The van der Waals surface area contributed by atoms with E-state index in [4.69, 9.17) is 10.2 Å². The summed E-state index contributed by atoms with van der Waals surface area (Å²) in [4.78, 5) is 4.71. The van der Waals surface area contributed by atoms with Crippen LogP contribution in [-0.2, 0) is 11.8 Å². The van der Waals surface area contributed by atoms with Crippen LogP contribution in [0.5, 0.6) is 0 Å². The minimum absolute atomic E-state index is 0.132. The molecular weight excluding hydrogens is 270 g/mol. The number of fused-ring (bicyclic) bond motifs is 1. The average Bonchev–Trinajstić information content (AvgIpc) is 2.86. The molecule has 0 bridgehead atoms. The number of benzene rings is 1. The molecule has 0 aliphatic heterocycles. The summed E-state index contributed by atoms with van der Waals surface area (Å²) in [6, 6.07) is 16.6. The molecule has 0 spiro atoms. The fourth-order valence-corrected chi connectivity index (χ4v) is 2.65. The van der Waals surface area contributed by atoms with E-state index < -0.39 is 0 Å². The summed E-state index contributed by atoms with van der Waals surface area (Å²) in [5.74, 6) is 0. The maximum Gasteiger partial charge on any atom is 0.137 e.